The third kappa shape index (κ3) is 3.32. The highest BCUT2D eigenvalue weighted by atomic mass is 35.5. The van der Waals surface area contributed by atoms with Crippen LogP contribution in [-0.4, -0.2) is 17.7 Å². The van der Waals surface area contributed by atoms with Crippen molar-refractivity contribution in [3.8, 4) is 0 Å². The summed E-state index contributed by atoms with van der Waals surface area (Å²) in [5.41, 5.74) is -0.116. The first-order valence-corrected chi connectivity index (χ1v) is 5.32. The van der Waals surface area contributed by atoms with Crippen molar-refractivity contribution >= 4 is 12.4 Å². The second-order valence-corrected chi connectivity index (χ2v) is 4.03. The van der Waals surface area contributed by atoms with Crippen molar-refractivity contribution in [3.63, 3.8) is 0 Å². The number of hydrogen-bond donors (Lipinski definition) is 1. The van der Waals surface area contributed by atoms with Crippen LogP contribution in [-0.2, 0) is 6.54 Å². The summed E-state index contributed by atoms with van der Waals surface area (Å²) in [6.45, 7) is 2.63. The Kier molecular flexibility index (Phi) is 4.96. The molecule has 1 aromatic heterocycles. The molecular formula is C11H16ClFN2O. The fourth-order valence-corrected chi connectivity index (χ4v) is 1.99. The number of halogens is 2. The molecule has 0 aliphatic carbocycles. The van der Waals surface area contributed by atoms with E-state index in [0.717, 1.165) is 25.9 Å². The van der Waals surface area contributed by atoms with E-state index in [-0.39, 0.29) is 23.8 Å². The normalized spacial score (nSPS) is 16.8. The van der Waals surface area contributed by atoms with Crippen LogP contribution in [0.1, 0.15) is 12.8 Å². The summed E-state index contributed by atoms with van der Waals surface area (Å²) in [7, 11) is 0. The Bertz CT molecular complexity index is 388. The monoisotopic (exact) mass is 246 g/mol. The van der Waals surface area contributed by atoms with Gasteiger partial charge >= 0.3 is 0 Å². The van der Waals surface area contributed by atoms with Gasteiger partial charge in [-0.1, -0.05) is 0 Å². The molecule has 0 atom stereocenters. The molecule has 1 aliphatic heterocycles. The minimum absolute atomic E-state index is 0. The Labute approximate surface area is 100 Å². The van der Waals surface area contributed by atoms with Gasteiger partial charge in [0.1, 0.15) is 5.82 Å². The molecule has 1 aromatic rings. The SMILES string of the molecule is Cl.O=c1ccc(F)cn1CC1CCNCC1. The zero-order valence-electron chi connectivity index (χ0n) is 8.99. The van der Waals surface area contributed by atoms with Crippen LogP contribution >= 0.6 is 12.4 Å². The Balaban J connectivity index is 0.00000128. The molecule has 3 nitrogen and oxygen atoms in total. The van der Waals surface area contributed by atoms with Crippen LogP contribution in [0, 0.1) is 11.7 Å². The average molecular weight is 247 g/mol. The summed E-state index contributed by atoms with van der Waals surface area (Å²) >= 11 is 0. The van der Waals surface area contributed by atoms with Crippen LogP contribution in [0.5, 0.6) is 0 Å². The number of rotatable bonds is 2. The molecule has 0 spiro atoms. The molecule has 0 bridgehead atoms. The van der Waals surface area contributed by atoms with E-state index in [9.17, 15) is 9.18 Å². The van der Waals surface area contributed by atoms with E-state index >= 15 is 0 Å². The summed E-state index contributed by atoms with van der Waals surface area (Å²) in [5.74, 6) is 0.147. The van der Waals surface area contributed by atoms with Crippen molar-refractivity contribution in [1.82, 2.24) is 9.88 Å². The molecular weight excluding hydrogens is 231 g/mol. The first-order chi connectivity index (χ1) is 7.25. The summed E-state index contributed by atoms with van der Waals surface area (Å²) in [4.78, 5) is 11.4. The highest BCUT2D eigenvalue weighted by Crippen LogP contribution is 2.13. The third-order valence-corrected chi connectivity index (χ3v) is 2.86. The number of pyridine rings is 1. The van der Waals surface area contributed by atoms with Gasteiger partial charge in [0, 0.05) is 18.8 Å². The van der Waals surface area contributed by atoms with E-state index in [0.29, 0.717) is 12.5 Å². The summed E-state index contributed by atoms with van der Waals surface area (Å²) < 4.78 is 14.4. The number of nitrogens with zero attached hydrogens (tertiary/aromatic N) is 1. The van der Waals surface area contributed by atoms with Gasteiger partial charge in [0.15, 0.2) is 0 Å². The van der Waals surface area contributed by atoms with E-state index in [1.165, 1.54) is 22.9 Å². The van der Waals surface area contributed by atoms with Crippen molar-refractivity contribution in [2.24, 2.45) is 5.92 Å². The smallest absolute Gasteiger partial charge is 0.250 e. The van der Waals surface area contributed by atoms with E-state index in [1.807, 2.05) is 0 Å². The fourth-order valence-electron chi connectivity index (χ4n) is 1.99. The minimum Gasteiger partial charge on any atom is -0.317 e. The summed E-state index contributed by atoms with van der Waals surface area (Å²) in [6.07, 6.45) is 3.41. The molecule has 0 unspecified atom stereocenters. The third-order valence-electron chi connectivity index (χ3n) is 2.86. The average Bonchev–Trinajstić information content (AvgIpc) is 2.25. The van der Waals surface area contributed by atoms with E-state index in [4.69, 9.17) is 0 Å². The topological polar surface area (TPSA) is 34.0 Å². The predicted octanol–water partition coefficient (Wildman–Crippen LogP) is 1.41. The van der Waals surface area contributed by atoms with Gasteiger partial charge in [-0.15, -0.1) is 12.4 Å². The Morgan fingerprint density at radius 1 is 1.38 bits per heavy atom. The molecule has 90 valence electrons. The molecule has 0 radical (unpaired) electrons. The van der Waals surface area contributed by atoms with Crippen LogP contribution in [0.4, 0.5) is 4.39 Å². The van der Waals surface area contributed by atoms with E-state index in [1.54, 1.807) is 0 Å². The molecule has 0 amide bonds. The van der Waals surface area contributed by atoms with Crippen molar-refractivity contribution in [2.45, 2.75) is 19.4 Å². The Morgan fingerprint density at radius 3 is 2.75 bits per heavy atom. The number of hydrogen-bond acceptors (Lipinski definition) is 2. The van der Waals surface area contributed by atoms with Crippen LogP contribution in [0.2, 0.25) is 0 Å². The van der Waals surface area contributed by atoms with E-state index in [2.05, 4.69) is 5.32 Å². The minimum atomic E-state index is -0.344. The molecule has 16 heavy (non-hydrogen) atoms. The molecule has 2 rings (SSSR count). The van der Waals surface area contributed by atoms with Crippen molar-refractivity contribution in [1.29, 1.82) is 0 Å². The molecule has 0 aromatic carbocycles. The lowest BCUT2D eigenvalue weighted by molar-refractivity contribution is 0.328. The van der Waals surface area contributed by atoms with Gasteiger partial charge in [-0.25, -0.2) is 4.39 Å². The maximum absolute atomic E-state index is 12.9. The first kappa shape index (κ1) is 13.2. The molecule has 5 heteroatoms. The highest BCUT2D eigenvalue weighted by molar-refractivity contribution is 5.85. The van der Waals surface area contributed by atoms with Gasteiger partial charge in [0.25, 0.3) is 5.56 Å². The molecule has 1 aliphatic rings. The van der Waals surface area contributed by atoms with Crippen LogP contribution in [0.3, 0.4) is 0 Å². The van der Waals surface area contributed by atoms with Gasteiger partial charge in [-0.3, -0.25) is 4.79 Å². The highest BCUT2D eigenvalue weighted by Gasteiger charge is 2.13. The quantitative estimate of drug-likeness (QED) is 0.856. The lowest BCUT2D eigenvalue weighted by atomic mass is 9.98. The maximum Gasteiger partial charge on any atom is 0.250 e. The van der Waals surface area contributed by atoms with Crippen molar-refractivity contribution < 1.29 is 4.39 Å². The van der Waals surface area contributed by atoms with Gasteiger partial charge in [-0.2, -0.15) is 0 Å². The van der Waals surface area contributed by atoms with Crippen LogP contribution in [0.25, 0.3) is 0 Å². The molecule has 0 saturated carbocycles. The maximum atomic E-state index is 12.9. The predicted molar refractivity (Wildman–Crippen MR) is 63.5 cm³/mol. The molecule has 1 fully saturated rings. The number of nitrogens with one attached hydrogen (secondary N) is 1. The van der Waals surface area contributed by atoms with Crippen LogP contribution < -0.4 is 10.9 Å². The lowest BCUT2D eigenvalue weighted by Crippen LogP contribution is -2.32. The van der Waals surface area contributed by atoms with Gasteiger partial charge in [0.2, 0.25) is 0 Å². The largest absolute Gasteiger partial charge is 0.317 e. The zero-order valence-corrected chi connectivity index (χ0v) is 9.80. The first-order valence-electron chi connectivity index (χ1n) is 5.32. The van der Waals surface area contributed by atoms with Gasteiger partial charge in [-0.05, 0) is 37.9 Å². The fraction of sp³-hybridized carbons (Fsp3) is 0.545. The second kappa shape index (κ2) is 6.01. The summed E-state index contributed by atoms with van der Waals surface area (Å²) in [5, 5.41) is 3.27. The molecule has 2 heterocycles. The van der Waals surface area contributed by atoms with Crippen molar-refractivity contribution in [3.05, 3.63) is 34.5 Å². The Hall–Kier alpha value is -0.870. The van der Waals surface area contributed by atoms with Crippen molar-refractivity contribution in [2.75, 3.05) is 13.1 Å². The van der Waals surface area contributed by atoms with Gasteiger partial charge < -0.3 is 9.88 Å². The van der Waals surface area contributed by atoms with Crippen LogP contribution in [0.15, 0.2) is 23.1 Å². The number of piperidine rings is 1. The van der Waals surface area contributed by atoms with Gasteiger partial charge in [0.05, 0.1) is 0 Å². The summed E-state index contributed by atoms with van der Waals surface area (Å²) in [6, 6.07) is 2.50. The van der Waals surface area contributed by atoms with E-state index < -0.39 is 0 Å². The molecule has 1 saturated heterocycles. The lowest BCUT2D eigenvalue weighted by Gasteiger charge is -2.23. The zero-order chi connectivity index (χ0) is 10.7. The number of aromatic nitrogens is 1. The standard InChI is InChI=1S/C11H15FN2O.ClH/c12-10-1-2-11(15)14(8-10)7-9-3-5-13-6-4-9;/h1-2,8-9,13H,3-7H2;1H. The Morgan fingerprint density at radius 2 is 2.06 bits per heavy atom. The molecule has 1 N–H and O–H groups in total. The second-order valence-electron chi connectivity index (χ2n) is 4.03.